The molecule has 1 fully saturated rings. The Morgan fingerprint density at radius 1 is 1.19 bits per heavy atom. The van der Waals surface area contributed by atoms with Crippen molar-refractivity contribution in [2.75, 3.05) is 24.2 Å². The lowest BCUT2D eigenvalue weighted by Crippen LogP contribution is -2.30. The van der Waals surface area contributed by atoms with E-state index in [1.54, 1.807) is 0 Å². The number of nitrogens with one attached hydrogen (secondary N) is 2. The summed E-state index contributed by atoms with van der Waals surface area (Å²) in [6, 6.07) is 0. The lowest BCUT2D eigenvalue weighted by atomic mass is 9.86. The average molecular weight is 292 g/mol. The summed E-state index contributed by atoms with van der Waals surface area (Å²) in [4.78, 5) is 9.20. The first-order chi connectivity index (χ1) is 10.0. The molecule has 0 amide bonds. The molecular weight excluding hydrogens is 264 g/mol. The molecule has 0 aromatic carbocycles. The largest absolute Gasteiger partial charge is 0.393 e. The van der Waals surface area contributed by atoms with Crippen LogP contribution in [0.4, 0.5) is 11.6 Å². The van der Waals surface area contributed by atoms with Crippen LogP contribution in [0.3, 0.4) is 0 Å². The van der Waals surface area contributed by atoms with Crippen molar-refractivity contribution in [3.05, 3.63) is 11.4 Å². The van der Waals surface area contributed by atoms with Gasteiger partial charge in [-0.1, -0.05) is 26.7 Å². The first kappa shape index (κ1) is 16.0. The predicted molar refractivity (Wildman–Crippen MR) is 86.9 cm³/mol. The van der Waals surface area contributed by atoms with E-state index in [0.29, 0.717) is 11.8 Å². The Morgan fingerprint density at radius 3 is 2.48 bits per heavy atom. The molecule has 2 unspecified atom stereocenters. The highest BCUT2D eigenvalue weighted by molar-refractivity contribution is 5.57. The molecule has 1 aromatic rings. The minimum Gasteiger partial charge on any atom is -0.393 e. The van der Waals surface area contributed by atoms with Gasteiger partial charge in [0.1, 0.15) is 17.5 Å². The smallest absolute Gasteiger partial charge is 0.135 e. The third kappa shape index (κ3) is 3.84. The average Bonchev–Trinajstić information content (AvgIpc) is 2.47. The molecule has 0 bridgehead atoms. The maximum atomic E-state index is 10.1. The number of aliphatic hydroxyl groups excluding tert-OH is 1. The molecule has 118 valence electrons. The molecule has 5 heteroatoms. The Balaban J connectivity index is 2.12. The van der Waals surface area contributed by atoms with E-state index in [4.69, 9.17) is 0 Å². The quantitative estimate of drug-likeness (QED) is 0.778. The summed E-state index contributed by atoms with van der Waals surface area (Å²) in [5.41, 5.74) is 1.03. The number of hydrogen-bond acceptors (Lipinski definition) is 5. The maximum Gasteiger partial charge on any atom is 0.135 e. The summed E-state index contributed by atoms with van der Waals surface area (Å²) in [5, 5.41) is 16.6. The van der Waals surface area contributed by atoms with Crippen molar-refractivity contribution in [2.24, 2.45) is 5.92 Å². The second-order valence-electron chi connectivity index (χ2n) is 6.30. The van der Waals surface area contributed by atoms with Gasteiger partial charge in [-0.05, 0) is 19.8 Å². The van der Waals surface area contributed by atoms with Gasteiger partial charge in [-0.25, -0.2) is 9.97 Å². The van der Waals surface area contributed by atoms with Crippen LogP contribution < -0.4 is 10.6 Å². The van der Waals surface area contributed by atoms with E-state index in [2.05, 4.69) is 34.4 Å². The molecule has 2 rings (SSSR count). The van der Waals surface area contributed by atoms with Gasteiger partial charge in [-0.2, -0.15) is 0 Å². The normalized spacial score (nSPS) is 22.4. The second kappa shape index (κ2) is 7.07. The van der Waals surface area contributed by atoms with Gasteiger partial charge >= 0.3 is 0 Å². The van der Waals surface area contributed by atoms with Crippen LogP contribution in [0.5, 0.6) is 0 Å². The Kier molecular flexibility index (Phi) is 5.39. The van der Waals surface area contributed by atoms with Crippen LogP contribution in [-0.2, 0) is 0 Å². The fourth-order valence-corrected chi connectivity index (χ4v) is 2.86. The van der Waals surface area contributed by atoms with Crippen molar-refractivity contribution in [1.29, 1.82) is 0 Å². The molecular formula is C16H28N4O. The number of aromatic nitrogens is 2. The van der Waals surface area contributed by atoms with Crippen molar-refractivity contribution < 1.29 is 5.11 Å². The molecule has 1 saturated carbocycles. The monoisotopic (exact) mass is 292 g/mol. The molecule has 0 radical (unpaired) electrons. The van der Waals surface area contributed by atoms with Crippen molar-refractivity contribution in [1.82, 2.24) is 9.97 Å². The molecule has 0 saturated heterocycles. The summed E-state index contributed by atoms with van der Waals surface area (Å²) in [5.74, 6) is 3.22. The van der Waals surface area contributed by atoms with Crippen LogP contribution in [0.2, 0.25) is 0 Å². The summed E-state index contributed by atoms with van der Waals surface area (Å²) >= 11 is 0. The zero-order chi connectivity index (χ0) is 15.4. The number of anilines is 2. The van der Waals surface area contributed by atoms with E-state index in [-0.39, 0.29) is 6.10 Å². The molecule has 1 aromatic heterocycles. The maximum absolute atomic E-state index is 10.1. The number of aliphatic hydroxyl groups is 1. The third-order valence-electron chi connectivity index (χ3n) is 4.32. The summed E-state index contributed by atoms with van der Waals surface area (Å²) in [7, 11) is 1.88. The lowest BCUT2D eigenvalue weighted by molar-refractivity contribution is 0.0763. The van der Waals surface area contributed by atoms with E-state index in [0.717, 1.165) is 48.8 Å². The number of hydrogen-bond donors (Lipinski definition) is 3. The first-order valence-electron chi connectivity index (χ1n) is 8.01. The van der Waals surface area contributed by atoms with Crippen molar-refractivity contribution in [2.45, 2.75) is 58.5 Å². The molecule has 0 spiro atoms. The zero-order valence-corrected chi connectivity index (χ0v) is 13.6. The first-order valence-corrected chi connectivity index (χ1v) is 8.01. The van der Waals surface area contributed by atoms with Crippen LogP contribution in [0.15, 0.2) is 0 Å². The van der Waals surface area contributed by atoms with Crippen LogP contribution in [0.25, 0.3) is 0 Å². The minimum absolute atomic E-state index is 0.179. The zero-order valence-electron chi connectivity index (χ0n) is 13.6. The van der Waals surface area contributed by atoms with Gasteiger partial charge in [0.05, 0.1) is 6.10 Å². The topological polar surface area (TPSA) is 70.1 Å². The van der Waals surface area contributed by atoms with Crippen LogP contribution in [0.1, 0.15) is 56.8 Å². The minimum atomic E-state index is -0.179. The summed E-state index contributed by atoms with van der Waals surface area (Å²) in [6.45, 7) is 6.99. The van der Waals surface area contributed by atoms with Gasteiger partial charge in [-0.15, -0.1) is 0 Å². The van der Waals surface area contributed by atoms with Crippen LogP contribution in [-0.4, -0.2) is 34.8 Å². The molecule has 1 aliphatic carbocycles. The summed E-state index contributed by atoms with van der Waals surface area (Å²) in [6.07, 6.45) is 4.20. The van der Waals surface area contributed by atoms with Crippen molar-refractivity contribution in [3.63, 3.8) is 0 Å². The molecule has 0 aliphatic heterocycles. The van der Waals surface area contributed by atoms with E-state index in [1.807, 2.05) is 14.0 Å². The predicted octanol–water partition coefficient (Wildman–Crippen LogP) is 2.91. The number of rotatable bonds is 5. The fraction of sp³-hybridized carbons (Fsp3) is 0.750. The van der Waals surface area contributed by atoms with E-state index in [9.17, 15) is 5.11 Å². The number of nitrogens with zero attached hydrogens (tertiary/aromatic N) is 2. The lowest BCUT2D eigenvalue weighted by Gasteiger charge is -2.28. The Bertz CT molecular complexity index is 476. The molecule has 5 nitrogen and oxygen atoms in total. The Hall–Kier alpha value is -1.36. The van der Waals surface area contributed by atoms with Gasteiger partial charge in [-0.3, -0.25) is 0 Å². The van der Waals surface area contributed by atoms with Gasteiger partial charge in [0.15, 0.2) is 0 Å². The molecule has 2 atom stereocenters. The van der Waals surface area contributed by atoms with Crippen LogP contribution in [0, 0.1) is 12.8 Å². The van der Waals surface area contributed by atoms with E-state index >= 15 is 0 Å². The van der Waals surface area contributed by atoms with Gasteiger partial charge in [0, 0.05) is 31.0 Å². The van der Waals surface area contributed by atoms with Crippen LogP contribution >= 0.6 is 0 Å². The highest BCUT2D eigenvalue weighted by atomic mass is 16.3. The molecule has 1 heterocycles. The Labute approximate surface area is 127 Å². The Morgan fingerprint density at radius 2 is 1.86 bits per heavy atom. The van der Waals surface area contributed by atoms with Crippen molar-refractivity contribution in [3.8, 4) is 0 Å². The van der Waals surface area contributed by atoms with Gasteiger partial charge in [0.2, 0.25) is 0 Å². The highest BCUT2D eigenvalue weighted by Gasteiger charge is 2.23. The fourth-order valence-electron chi connectivity index (χ4n) is 2.86. The van der Waals surface area contributed by atoms with Crippen molar-refractivity contribution >= 4 is 11.6 Å². The van der Waals surface area contributed by atoms with Gasteiger partial charge < -0.3 is 15.7 Å². The second-order valence-corrected chi connectivity index (χ2v) is 6.30. The summed E-state index contributed by atoms with van der Waals surface area (Å²) < 4.78 is 0. The molecule has 1 aliphatic rings. The van der Waals surface area contributed by atoms with E-state index in [1.165, 1.54) is 6.42 Å². The molecule has 3 N–H and O–H groups in total. The standard InChI is InChI=1S/C16H28N4O/c1-10(2)14-19-15(17-4)11(3)16(20-14)18-9-12-7-5-6-8-13(12)21/h10,12-13,21H,5-9H2,1-4H3,(H2,17,18,19,20). The molecule has 21 heavy (non-hydrogen) atoms. The highest BCUT2D eigenvalue weighted by Crippen LogP contribution is 2.27. The third-order valence-corrected chi connectivity index (χ3v) is 4.32. The van der Waals surface area contributed by atoms with E-state index < -0.39 is 0 Å². The van der Waals surface area contributed by atoms with Gasteiger partial charge in [0.25, 0.3) is 0 Å². The SMILES string of the molecule is CNc1nc(C(C)C)nc(NCC2CCCCC2O)c1C.